The smallest absolute Gasteiger partial charge is 0.0727 e. The summed E-state index contributed by atoms with van der Waals surface area (Å²) in [5.74, 6) is 0. The van der Waals surface area contributed by atoms with Crippen molar-refractivity contribution in [1.29, 1.82) is 0 Å². The molecule has 0 atom stereocenters. The first kappa shape index (κ1) is 12.6. The van der Waals surface area contributed by atoms with Crippen molar-refractivity contribution in [1.82, 2.24) is 4.98 Å². The maximum Gasteiger partial charge on any atom is 0.0727 e. The van der Waals surface area contributed by atoms with E-state index in [-0.39, 0.29) is 0 Å². The SMILES string of the molecule is CCNc1c(C)c(CC)nc2ccc(I)cc12. The predicted octanol–water partition coefficient (Wildman–Crippen LogP) is 4.14. The number of aryl methyl sites for hydroxylation is 1. The van der Waals surface area contributed by atoms with Crippen LogP contribution in [-0.2, 0) is 6.42 Å². The minimum absolute atomic E-state index is 0.939. The van der Waals surface area contributed by atoms with E-state index in [1.165, 1.54) is 25.9 Å². The van der Waals surface area contributed by atoms with Gasteiger partial charge in [-0.15, -0.1) is 0 Å². The number of nitrogens with one attached hydrogen (secondary N) is 1. The largest absolute Gasteiger partial charge is 0.385 e. The minimum Gasteiger partial charge on any atom is -0.385 e. The zero-order chi connectivity index (χ0) is 12.4. The molecule has 0 aliphatic heterocycles. The molecule has 0 aliphatic carbocycles. The van der Waals surface area contributed by atoms with Gasteiger partial charge in [0.1, 0.15) is 0 Å². The van der Waals surface area contributed by atoms with E-state index in [1.54, 1.807) is 0 Å². The monoisotopic (exact) mass is 340 g/mol. The third-order valence-electron chi connectivity index (χ3n) is 2.98. The van der Waals surface area contributed by atoms with E-state index >= 15 is 0 Å². The Balaban J connectivity index is 2.77. The molecule has 90 valence electrons. The molecule has 2 nitrogen and oxygen atoms in total. The Morgan fingerprint density at radius 1 is 1.29 bits per heavy atom. The molecule has 0 spiro atoms. The summed E-state index contributed by atoms with van der Waals surface area (Å²) in [5.41, 5.74) is 4.80. The maximum atomic E-state index is 4.73. The number of rotatable bonds is 3. The molecule has 0 amide bonds. The first-order valence-electron chi connectivity index (χ1n) is 6.00. The second-order valence-corrected chi connectivity index (χ2v) is 5.35. The van der Waals surface area contributed by atoms with Crippen molar-refractivity contribution in [2.45, 2.75) is 27.2 Å². The van der Waals surface area contributed by atoms with Gasteiger partial charge in [0.05, 0.1) is 5.52 Å². The van der Waals surface area contributed by atoms with E-state index < -0.39 is 0 Å². The zero-order valence-corrected chi connectivity index (χ0v) is 12.6. The van der Waals surface area contributed by atoms with Crippen LogP contribution in [-0.4, -0.2) is 11.5 Å². The van der Waals surface area contributed by atoms with Crippen molar-refractivity contribution in [2.75, 3.05) is 11.9 Å². The highest BCUT2D eigenvalue weighted by Gasteiger charge is 2.10. The molecule has 0 unspecified atom stereocenters. The fourth-order valence-corrected chi connectivity index (χ4v) is 2.62. The van der Waals surface area contributed by atoms with Crippen LogP contribution in [0.4, 0.5) is 5.69 Å². The number of hydrogen-bond donors (Lipinski definition) is 1. The molecule has 0 radical (unpaired) electrons. The van der Waals surface area contributed by atoms with E-state index in [9.17, 15) is 0 Å². The highest BCUT2D eigenvalue weighted by molar-refractivity contribution is 14.1. The van der Waals surface area contributed by atoms with Crippen LogP contribution in [0.2, 0.25) is 0 Å². The average molecular weight is 340 g/mol. The van der Waals surface area contributed by atoms with Crippen LogP contribution in [0.5, 0.6) is 0 Å². The van der Waals surface area contributed by atoms with Crippen LogP contribution in [0, 0.1) is 10.5 Å². The van der Waals surface area contributed by atoms with E-state index in [4.69, 9.17) is 4.98 Å². The van der Waals surface area contributed by atoms with Crippen LogP contribution in [0.3, 0.4) is 0 Å². The molecule has 3 heteroatoms. The maximum absolute atomic E-state index is 4.73. The van der Waals surface area contributed by atoms with Crippen LogP contribution >= 0.6 is 22.6 Å². The Bertz CT molecular complexity index is 549. The van der Waals surface area contributed by atoms with Crippen LogP contribution in [0.25, 0.3) is 10.9 Å². The average Bonchev–Trinajstić information content (AvgIpc) is 2.33. The van der Waals surface area contributed by atoms with Crippen molar-refractivity contribution in [3.05, 3.63) is 33.0 Å². The summed E-state index contributed by atoms with van der Waals surface area (Å²) in [5, 5.41) is 4.71. The summed E-state index contributed by atoms with van der Waals surface area (Å²) in [6, 6.07) is 6.42. The third kappa shape index (κ3) is 2.39. The Morgan fingerprint density at radius 3 is 2.71 bits per heavy atom. The van der Waals surface area contributed by atoms with Gasteiger partial charge >= 0.3 is 0 Å². The fourth-order valence-electron chi connectivity index (χ4n) is 2.13. The van der Waals surface area contributed by atoms with Gasteiger partial charge in [-0.1, -0.05) is 6.92 Å². The Hall–Kier alpha value is -0.840. The van der Waals surface area contributed by atoms with Gasteiger partial charge in [-0.05, 0) is 66.6 Å². The molecule has 0 saturated heterocycles. The lowest BCUT2D eigenvalue weighted by Gasteiger charge is -2.14. The van der Waals surface area contributed by atoms with Crippen LogP contribution in [0.1, 0.15) is 25.1 Å². The molecule has 1 aromatic carbocycles. The third-order valence-corrected chi connectivity index (χ3v) is 3.65. The lowest BCUT2D eigenvalue weighted by atomic mass is 10.1. The molecule has 17 heavy (non-hydrogen) atoms. The summed E-state index contributed by atoms with van der Waals surface area (Å²) in [7, 11) is 0. The Morgan fingerprint density at radius 2 is 2.06 bits per heavy atom. The van der Waals surface area contributed by atoms with Gasteiger partial charge in [0, 0.05) is 26.9 Å². The van der Waals surface area contributed by atoms with Crippen LogP contribution in [0.15, 0.2) is 18.2 Å². The minimum atomic E-state index is 0.939. The number of anilines is 1. The van der Waals surface area contributed by atoms with Gasteiger partial charge in [-0.2, -0.15) is 0 Å². The summed E-state index contributed by atoms with van der Waals surface area (Å²) in [6.45, 7) is 7.38. The van der Waals surface area contributed by atoms with E-state index in [0.29, 0.717) is 0 Å². The number of pyridine rings is 1. The molecule has 1 N–H and O–H groups in total. The highest BCUT2D eigenvalue weighted by Crippen LogP contribution is 2.29. The Labute approximate surface area is 116 Å². The molecule has 0 saturated carbocycles. The first-order valence-corrected chi connectivity index (χ1v) is 7.07. The number of aromatic nitrogens is 1. The van der Waals surface area contributed by atoms with E-state index in [1.807, 2.05) is 0 Å². The topological polar surface area (TPSA) is 24.9 Å². The van der Waals surface area contributed by atoms with Crippen molar-refractivity contribution in [2.24, 2.45) is 0 Å². The number of fused-ring (bicyclic) bond motifs is 1. The number of benzene rings is 1. The van der Waals surface area contributed by atoms with Gasteiger partial charge < -0.3 is 5.32 Å². The second-order valence-electron chi connectivity index (χ2n) is 4.10. The molecular formula is C14H17IN2. The summed E-state index contributed by atoms with van der Waals surface area (Å²) < 4.78 is 1.25. The normalized spacial score (nSPS) is 10.8. The number of hydrogen-bond acceptors (Lipinski definition) is 2. The Kier molecular flexibility index (Phi) is 3.86. The quantitative estimate of drug-likeness (QED) is 0.850. The summed E-state index contributed by atoms with van der Waals surface area (Å²) >= 11 is 2.35. The molecule has 0 fully saturated rings. The first-order chi connectivity index (χ1) is 8.17. The van der Waals surface area contributed by atoms with E-state index in [0.717, 1.165) is 18.5 Å². The molecule has 0 aliphatic rings. The molecular weight excluding hydrogens is 323 g/mol. The molecule has 1 aromatic heterocycles. The van der Waals surface area contributed by atoms with Crippen molar-refractivity contribution < 1.29 is 0 Å². The molecule has 0 bridgehead atoms. The summed E-state index contributed by atoms with van der Waals surface area (Å²) in [4.78, 5) is 4.73. The van der Waals surface area contributed by atoms with Gasteiger partial charge in [0.2, 0.25) is 0 Å². The fraction of sp³-hybridized carbons (Fsp3) is 0.357. The molecule has 2 rings (SSSR count). The van der Waals surface area contributed by atoms with Crippen molar-refractivity contribution in [3.8, 4) is 0 Å². The molecule has 2 aromatic rings. The highest BCUT2D eigenvalue weighted by atomic mass is 127. The lowest BCUT2D eigenvalue weighted by molar-refractivity contribution is 1.03. The number of nitrogens with zero attached hydrogens (tertiary/aromatic N) is 1. The van der Waals surface area contributed by atoms with Crippen molar-refractivity contribution >= 4 is 39.2 Å². The standard InChI is InChI=1S/C14H17IN2/c1-4-12-9(3)14(16-5-2)11-8-10(15)6-7-13(11)17-12/h6-8H,4-5H2,1-3H3,(H,16,17). The number of halogens is 1. The zero-order valence-electron chi connectivity index (χ0n) is 10.5. The van der Waals surface area contributed by atoms with Gasteiger partial charge in [0.25, 0.3) is 0 Å². The van der Waals surface area contributed by atoms with Gasteiger partial charge in [-0.3, -0.25) is 4.98 Å². The van der Waals surface area contributed by atoms with E-state index in [2.05, 4.69) is 66.9 Å². The van der Waals surface area contributed by atoms with Gasteiger partial charge in [-0.25, -0.2) is 0 Å². The predicted molar refractivity (Wildman–Crippen MR) is 82.7 cm³/mol. The van der Waals surface area contributed by atoms with Gasteiger partial charge in [0.15, 0.2) is 0 Å². The summed E-state index contributed by atoms with van der Waals surface area (Å²) in [6.07, 6.45) is 0.978. The van der Waals surface area contributed by atoms with Crippen molar-refractivity contribution in [3.63, 3.8) is 0 Å². The lowest BCUT2D eigenvalue weighted by Crippen LogP contribution is -2.04. The van der Waals surface area contributed by atoms with Crippen LogP contribution < -0.4 is 5.32 Å². The molecule has 1 heterocycles. The second kappa shape index (κ2) is 5.21.